The molecule has 2 nitrogen and oxygen atoms in total. The smallest absolute Gasteiger partial charge is 0.125 e. The summed E-state index contributed by atoms with van der Waals surface area (Å²) in [5.41, 5.74) is 2.43. The molecular weight excluding hydrogens is 282 g/mol. The van der Waals surface area contributed by atoms with Crippen LogP contribution in [0.1, 0.15) is 31.9 Å². The highest BCUT2D eigenvalue weighted by atomic mass is 35.5. The first-order chi connectivity index (χ1) is 9.93. The van der Waals surface area contributed by atoms with E-state index in [1.54, 1.807) is 0 Å². The highest BCUT2D eigenvalue weighted by Gasteiger charge is 2.25. The summed E-state index contributed by atoms with van der Waals surface area (Å²) >= 11 is 6.25. The Hall–Kier alpha value is -0.990. The van der Waals surface area contributed by atoms with Crippen molar-refractivity contribution >= 4 is 11.6 Å². The Morgan fingerprint density at radius 3 is 2.90 bits per heavy atom. The summed E-state index contributed by atoms with van der Waals surface area (Å²) in [5.74, 6) is 1.69. The van der Waals surface area contributed by atoms with Gasteiger partial charge in [0.25, 0.3) is 0 Å². The molecule has 21 heavy (non-hydrogen) atoms. The Bertz CT molecular complexity index is 512. The fraction of sp³-hybridized carbons (Fsp3) is 0.556. The average molecular weight is 308 g/mol. The molecule has 0 aliphatic carbocycles. The van der Waals surface area contributed by atoms with Crippen molar-refractivity contribution < 1.29 is 4.74 Å². The van der Waals surface area contributed by atoms with Crippen LogP contribution in [0.4, 0.5) is 0 Å². The van der Waals surface area contributed by atoms with Crippen LogP contribution in [0.15, 0.2) is 24.8 Å². The Kier molecular flexibility index (Phi) is 5.34. The number of halogens is 1. The zero-order valence-corrected chi connectivity index (χ0v) is 14.1. The average Bonchev–Trinajstić information content (AvgIpc) is 2.86. The second kappa shape index (κ2) is 6.85. The summed E-state index contributed by atoms with van der Waals surface area (Å²) in [4.78, 5) is 0. The lowest BCUT2D eigenvalue weighted by molar-refractivity contribution is 0.339. The summed E-state index contributed by atoms with van der Waals surface area (Å²) in [7, 11) is 0. The minimum atomic E-state index is -0.000702. The predicted octanol–water partition coefficient (Wildman–Crippen LogP) is 4.26. The molecule has 1 heterocycles. The number of rotatable bonds is 7. The van der Waals surface area contributed by atoms with E-state index in [1.165, 1.54) is 11.1 Å². The summed E-state index contributed by atoms with van der Waals surface area (Å²) in [5, 5.41) is 4.34. The Morgan fingerprint density at radius 1 is 1.48 bits per heavy atom. The minimum absolute atomic E-state index is 0.000702. The summed E-state index contributed by atoms with van der Waals surface area (Å²) in [6.07, 6.45) is 3.90. The Labute approximate surface area is 133 Å². The van der Waals surface area contributed by atoms with Gasteiger partial charge in [0.1, 0.15) is 5.75 Å². The first kappa shape index (κ1) is 16.4. The molecule has 1 N–H and O–H groups in total. The third-order valence-corrected chi connectivity index (χ3v) is 4.21. The van der Waals surface area contributed by atoms with Crippen LogP contribution in [0.2, 0.25) is 5.02 Å². The lowest BCUT2D eigenvalue weighted by Crippen LogP contribution is -2.34. The lowest BCUT2D eigenvalue weighted by Gasteiger charge is -2.27. The van der Waals surface area contributed by atoms with E-state index in [2.05, 4.69) is 32.7 Å². The molecule has 1 atom stereocenters. The van der Waals surface area contributed by atoms with Gasteiger partial charge in [-0.25, -0.2) is 0 Å². The molecule has 0 bridgehead atoms. The third-order valence-electron chi connectivity index (χ3n) is 3.99. The third kappa shape index (κ3) is 4.24. The van der Waals surface area contributed by atoms with Gasteiger partial charge < -0.3 is 10.1 Å². The first-order valence-electron chi connectivity index (χ1n) is 7.72. The standard InChI is InChI=1S/C18H26ClNO/c1-5-18(4,12-20-11-13(2)3)10-15-9-16(19)8-14-6-7-21-17(14)15/h5,8-9,13,20H,1,6-7,10-12H2,2-4H3. The van der Waals surface area contributed by atoms with E-state index >= 15 is 0 Å². The van der Waals surface area contributed by atoms with Crippen molar-refractivity contribution in [3.63, 3.8) is 0 Å². The zero-order chi connectivity index (χ0) is 15.5. The molecule has 0 saturated carbocycles. The van der Waals surface area contributed by atoms with E-state index in [4.69, 9.17) is 16.3 Å². The molecule has 1 aromatic rings. The van der Waals surface area contributed by atoms with Gasteiger partial charge in [0, 0.05) is 23.4 Å². The molecule has 1 aliphatic heterocycles. The quantitative estimate of drug-likeness (QED) is 0.760. The van der Waals surface area contributed by atoms with Crippen molar-refractivity contribution in [2.75, 3.05) is 19.7 Å². The fourth-order valence-corrected chi connectivity index (χ4v) is 3.03. The van der Waals surface area contributed by atoms with Gasteiger partial charge in [-0.05, 0) is 42.1 Å². The SMILES string of the molecule is C=CC(C)(CNCC(C)C)Cc1cc(Cl)cc2c1OCC2. The van der Waals surface area contributed by atoms with Crippen molar-refractivity contribution in [2.45, 2.75) is 33.6 Å². The predicted molar refractivity (Wildman–Crippen MR) is 90.4 cm³/mol. The molecule has 0 fully saturated rings. The van der Waals surface area contributed by atoms with Crippen molar-refractivity contribution in [3.8, 4) is 5.75 Å². The molecule has 3 heteroatoms. The van der Waals surface area contributed by atoms with Crippen molar-refractivity contribution in [2.24, 2.45) is 11.3 Å². The van der Waals surface area contributed by atoms with Crippen molar-refractivity contribution in [3.05, 3.63) is 40.9 Å². The monoisotopic (exact) mass is 307 g/mol. The van der Waals surface area contributed by atoms with Crippen LogP contribution in [0.3, 0.4) is 0 Å². The maximum Gasteiger partial charge on any atom is 0.125 e. The second-order valence-corrected chi connectivity index (χ2v) is 7.15. The highest BCUT2D eigenvalue weighted by Crippen LogP contribution is 2.36. The van der Waals surface area contributed by atoms with Gasteiger partial charge in [0.15, 0.2) is 0 Å². The van der Waals surface area contributed by atoms with Crippen LogP contribution >= 0.6 is 11.6 Å². The van der Waals surface area contributed by atoms with E-state index in [0.717, 1.165) is 43.3 Å². The van der Waals surface area contributed by atoms with Gasteiger partial charge in [-0.15, -0.1) is 6.58 Å². The van der Waals surface area contributed by atoms with Gasteiger partial charge in [-0.2, -0.15) is 0 Å². The molecule has 0 radical (unpaired) electrons. The number of hydrogen-bond donors (Lipinski definition) is 1. The zero-order valence-electron chi connectivity index (χ0n) is 13.3. The Balaban J connectivity index is 2.13. The minimum Gasteiger partial charge on any atom is -0.493 e. The fourth-order valence-electron chi connectivity index (χ4n) is 2.77. The maximum absolute atomic E-state index is 6.25. The second-order valence-electron chi connectivity index (χ2n) is 6.71. The van der Waals surface area contributed by atoms with Gasteiger partial charge in [0.05, 0.1) is 6.61 Å². The number of benzene rings is 1. The largest absolute Gasteiger partial charge is 0.493 e. The molecule has 2 rings (SSSR count). The molecule has 1 unspecified atom stereocenters. The van der Waals surface area contributed by atoms with E-state index in [1.807, 2.05) is 18.2 Å². The van der Waals surface area contributed by atoms with Crippen LogP contribution in [0, 0.1) is 11.3 Å². The van der Waals surface area contributed by atoms with Crippen molar-refractivity contribution in [1.82, 2.24) is 5.32 Å². The van der Waals surface area contributed by atoms with Crippen LogP contribution in [-0.2, 0) is 12.8 Å². The molecule has 0 saturated heterocycles. The number of ether oxygens (including phenoxy) is 1. The first-order valence-corrected chi connectivity index (χ1v) is 8.10. The van der Waals surface area contributed by atoms with Crippen molar-refractivity contribution in [1.29, 1.82) is 0 Å². The Morgan fingerprint density at radius 2 is 2.24 bits per heavy atom. The van der Waals surface area contributed by atoms with E-state index in [0.29, 0.717) is 5.92 Å². The maximum atomic E-state index is 6.25. The molecule has 0 spiro atoms. The molecule has 116 valence electrons. The topological polar surface area (TPSA) is 21.3 Å². The normalized spacial score (nSPS) is 16.4. The van der Waals surface area contributed by atoms with E-state index < -0.39 is 0 Å². The molecular formula is C18H26ClNO. The van der Waals surface area contributed by atoms with Crippen LogP contribution in [-0.4, -0.2) is 19.7 Å². The van der Waals surface area contributed by atoms with E-state index in [-0.39, 0.29) is 5.41 Å². The van der Waals surface area contributed by atoms with Gasteiger partial charge in [0.2, 0.25) is 0 Å². The number of hydrogen-bond acceptors (Lipinski definition) is 2. The molecule has 1 aromatic carbocycles. The molecule has 0 aromatic heterocycles. The summed E-state index contributed by atoms with van der Waals surface area (Å²) in [6.45, 7) is 13.4. The van der Waals surface area contributed by atoms with Crippen LogP contribution in [0.5, 0.6) is 5.75 Å². The van der Waals surface area contributed by atoms with Gasteiger partial charge >= 0.3 is 0 Å². The van der Waals surface area contributed by atoms with Crippen LogP contribution < -0.4 is 10.1 Å². The number of nitrogens with one attached hydrogen (secondary N) is 1. The van der Waals surface area contributed by atoms with Gasteiger partial charge in [-0.3, -0.25) is 0 Å². The molecule has 1 aliphatic rings. The van der Waals surface area contributed by atoms with Gasteiger partial charge in [-0.1, -0.05) is 38.4 Å². The highest BCUT2D eigenvalue weighted by molar-refractivity contribution is 6.30. The van der Waals surface area contributed by atoms with E-state index in [9.17, 15) is 0 Å². The van der Waals surface area contributed by atoms with Crippen LogP contribution in [0.25, 0.3) is 0 Å². The lowest BCUT2D eigenvalue weighted by atomic mass is 9.83. The summed E-state index contributed by atoms with van der Waals surface area (Å²) < 4.78 is 5.80. The number of fused-ring (bicyclic) bond motifs is 1. The summed E-state index contributed by atoms with van der Waals surface area (Å²) in [6, 6.07) is 4.06. The molecule has 0 amide bonds.